The Morgan fingerprint density at radius 3 is 2.72 bits per heavy atom. The van der Waals surface area contributed by atoms with Crippen LogP contribution < -0.4 is 5.32 Å². The fourth-order valence-electron chi connectivity index (χ4n) is 2.98. The monoisotopic (exact) mass is 313 g/mol. The second-order valence-corrected chi connectivity index (χ2v) is 7.09. The van der Waals surface area contributed by atoms with E-state index in [2.05, 4.69) is 42.0 Å². The molecule has 100 valence electrons. The zero-order chi connectivity index (χ0) is 13.3. The largest absolute Gasteiger partial charge is 0.379 e. The van der Waals surface area contributed by atoms with Gasteiger partial charge in [0.15, 0.2) is 0 Å². The number of benzene rings is 1. The van der Waals surface area contributed by atoms with Gasteiger partial charge >= 0.3 is 0 Å². The zero-order valence-electron chi connectivity index (χ0n) is 11.3. The van der Waals surface area contributed by atoms with Crippen molar-refractivity contribution in [3.05, 3.63) is 28.5 Å². The summed E-state index contributed by atoms with van der Waals surface area (Å²) >= 11 is 3.41. The predicted molar refractivity (Wildman–Crippen MR) is 78.3 cm³/mol. The molecule has 1 saturated carbocycles. The van der Waals surface area contributed by atoms with E-state index in [9.17, 15) is 4.39 Å². The highest BCUT2D eigenvalue weighted by Crippen LogP contribution is 2.40. The Hall–Kier alpha value is -0.570. The van der Waals surface area contributed by atoms with E-state index in [-0.39, 0.29) is 5.82 Å². The molecule has 1 aliphatic rings. The Balaban J connectivity index is 2.11. The molecular weight excluding hydrogens is 293 g/mol. The van der Waals surface area contributed by atoms with Crippen molar-refractivity contribution >= 4 is 21.6 Å². The number of anilines is 1. The SMILES string of the molecule is CC1CC(C)(C)CCC1Nc1c(F)cccc1Br. The minimum Gasteiger partial charge on any atom is -0.379 e. The third-order valence-electron chi connectivity index (χ3n) is 3.99. The van der Waals surface area contributed by atoms with Crippen molar-refractivity contribution in [3.63, 3.8) is 0 Å². The molecule has 0 aromatic heterocycles. The fourth-order valence-corrected chi connectivity index (χ4v) is 3.44. The van der Waals surface area contributed by atoms with Crippen LogP contribution in [-0.4, -0.2) is 6.04 Å². The number of nitrogens with one attached hydrogen (secondary N) is 1. The summed E-state index contributed by atoms with van der Waals surface area (Å²) in [5.41, 5.74) is 1.03. The normalized spacial score (nSPS) is 26.9. The molecule has 18 heavy (non-hydrogen) atoms. The van der Waals surface area contributed by atoms with Gasteiger partial charge in [-0.1, -0.05) is 26.8 Å². The van der Waals surface area contributed by atoms with Gasteiger partial charge in [0.1, 0.15) is 5.82 Å². The van der Waals surface area contributed by atoms with Crippen LogP contribution in [0.15, 0.2) is 22.7 Å². The van der Waals surface area contributed by atoms with Gasteiger partial charge < -0.3 is 5.32 Å². The van der Waals surface area contributed by atoms with E-state index in [0.717, 1.165) is 10.9 Å². The molecule has 1 aromatic rings. The lowest BCUT2D eigenvalue weighted by Gasteiger charge is -2.40. The minimum absolute atomic E-state index is 0.179. The number of hydrogen-bond acceptors (Lipinski definition) is 1. The second kappa shape index (κ2) is 5.20. The minimum atomic E-state index is -0.179. The van der Waals surface area contributed by atoms with Crippen molar-refractivity contribution in [3.8, 4) is 0 Å². The molecule has 1 nitrogen and oxygen atoms in total. The Kier molecular flexibility index (Phi) is 4.00. The molecule has 1 N–H and O–H groups in total. The average molecular weight is 314 g/mol. The van der Waals surface area contributed by atoms with Crippen LogP contribution in [-0.2, 0) is 0 Å². The molecule has 3 heteroatoms. The van der Waals surface area contributed by atoms with Gasteiger partial charge in [-0.25, -0.2) is 4.39 Å². The van der Waals surface area contributed by atoms with Crippen LogP contribution in [0, 0.1) is 17.2 Å². The van der Waals surface area contributed by atoms with E-state index in [1.807, 2.05) is 6.07 Å². The van der Waals surface area contributed by atoms with Gasteiger partial charge in [-0.05, 0) is 58.7 Å². The van der Waals surface area contributed by atoms with Crippen molar-refractivity contribution in [2.24, 2.45) is 11.3 Å². The maximum atomic E-state index is 13.8. The number of halogens is 2. The molecule has 0 heterocycles. The van der Waals surface area contributed by atoms with Crippen molar-refractivity contribution in [1.82, 2.24) is 0 Å². The summed E-state index contributed by atoms with van der Waals surface area (Å²) in [6, 6.07) is 5.47. The molecule has 1 aliphatic carbocycles. The first-order valence-electron chi connectivity index (χ1n) is 6.59. The molecule has 0 bridgehead atoms. The van der Waals surface area contributed by atoms with Crippen LogP contribution in [0.25, 0.3) is 0 Å². The summed E-state index contributed by atoms with van der Waals surface area (Å²) in [5.74, 6) is 0.390. The van der Waals surface area contributed by atoms with E-state index < -0.39 is 0 Å². The summed E-state index contributed by atoms with van der Waals surface area (Å²) < 4.78 is 14.6. The van der Waals surface area contributed by atoms with Gasteiger partial charge in [0.05, 0.1) is 5.69 Å². The van der Waals surface area contributed by atoms with Crippen LogP contribution in [0.5, 0.6) is 0 Å². The van der Waals surface area contributed by atoms with E-state index in [1.165, 1.54) is 18.9 Å². The van der Waals surface area contributed by atoms with Gasteiger partial charge in [0.25, 0.3) is 0 Å². The summed E-state index contributed by atoms with van der Waals surface area (Å²) in [6.45, 7) is 6.89. The second-order valence-electron chi connectivity index (χ2n) is 6.23. The van der Waals surface area contributed by atoms with E-state index in [0.29, 0.717) is 23.1 Å². The van der Waals surface area contributed by atoms with Crippen LogP contribution in [0.3, 0.4) is 0 Å². The molecule has 0 saturated heterocycles. The molecule has 2 unspecified atom stereocenters. The standard InChI is InChI=1S/C15H21BrFN/c1-10-9-15(2,3)8-7-13(10)18-14-11(16)5-4-6-12(14)17/h4-6,10,13,18H,7-9H2,1-3H3. The Labute approximate surface area is 117 Å². The van der Waals surface area contributed by atoms with E-state index in [4.69, 9.17) is 0 Å². The highest BCUT2D eigenvalue weighted by atomic mass is 79.9. The number of hydrogen-bond donors (Lipinski definition) is 1. The van der Waals surface area contributed by atoms with Gasteiger partial charge in [-0.3, -0.25) is 0 Å². The summed E-state index contributed by atoms with van der Waals surface area (Å²) in [7, 11) is 0. The molecule has 0 radical (unpaired) electrons. The topological polar surface area (TPSA) is 12.0 Å². The van der Waals surface area contributed by atoms with Gasteiger partial charge in [-0.2, -0.15) is 0 Å². The quantitative estimate of drug-likeness (QED) is 0.789. The molecular formula is C15H21BrFN. The number of para-hydroxylation sites is 1. The fraction of sp³-hybridized carbons (Fsp3) is 0.600. The van der Waals surface area contributed by atoms with Crippen molar-refractivity contribution in [2.75, 3.05) is 5.32 Å². The third kappa shape index (κ3) is 3.05. The zero-order valence-corrected chi connectivity index (χ0v) is 12.8. The maximum absolute atomic E-state index is 13.8. The van der Waals surface area contributed by atoms with Crippen molar-refractivity contribution < 1.29 is 4.39 Å². The van der Waals surface area contributed by atoms with Crippen LogP contribution in [0.4, 0.5) is 10.1 Å². The smallest absolute Gasteiger partial charge is 0.147 e. The molecule has 1 fully saturated rings. The van der Waals surface area contributed by atoms with E-state index >= 15 is 0 Å². The Bertz CT molecular complexity index is 410. The summed E-state index contributed by atoms with van der Waals surface area (Å²) in [4.78, 5) is 0. The van der Waals surface area contributed by atoms with Crippen molar-refractivity contribution in [2.45, 2.75) is 46.1 Å². The first-order chi connectivity index (χ1) is 8.39. The molecule has 0 aliphatic heterocycles. The summed E-state index contributed by atoms with van der Waals surface area (Å²) in [6.07, 6.45) is 3.49. The van der Waals surface area contributed by atoms with Gasteiger partial charge in [0, 0.05) is 10.5 Å². The van der Waals surface area contributed by atoms with Gasteiger partial charge in [0.2, 0.25) is 0 Å². The first kappa shape index (κ1) is 13.9. The lowest BCUT2D eigenvalue weighted by atomic mass is 9.70. The Morgan fingerprint density at radius 2 is 2.11 bits per heavy atom. The lowest BCUT2D eigenvalue weighted by molar-refractivity contribution is 0.177. The number of rotatable bonds is 2. The highest BCUT2D eigenvalue weighted by Gasteiger charge is 2.32. The van der Waals surface area contributed by atoms with Crippen LogP contribution in [0.2, 0.25) is 0 Å². The molecule has 0 spiro atoms. The summed E-state index contributed by atoms with van der Waals surface area (Å²) in [5, 5.41) is 3.38. The molecule has 1 aromatic carbocycles. The lowest BCUT2D eigenvalue weighted by Crippen LogP contribution is -2.37. The first-order valence-corrected chi connectivity index (χ1v) is 7.39. The maximum Gasteiger partial charge on any atom is 0.147 e. The third-order valence-corrected chi connectivity index (χ3v) is 4.65. The predicted octanol–water partition coefficient (Wildman–Crippen LogP) is 5.21. The van der Waals surface area contributed by atoms with Gasteiger partial charge in [-0.15, -0.1) is 0 Å². The molecule has 0 amide bonds. The Morgan fingerprint density at radius 1 is 1.39 bits per heavy atom. The molecule has 2 rings (SSSR count). The molecule has 2 atom stereocenters. The average Bonchev–Trinajstić information content (AvgIpc) is 2.25. The van der Waals surface area contributed by atoms with Crippen molar-refractivity contribution in [1.29, 1.82) is 0 Å². The highest BCUT2D eigenvalue weighted by molar-refractivity contribution is 9.10. The van der Waals surface area contributed by atoms with E-state index in [1.54, 1.807) is 6.07 Å². The van der Waals surface area contributed by atoms with Crippen LogP contribution in [0.1, 0.15) is 40.0 Å². The van der Waals surface area contributed by atoms with Crippen LogP contribution >= 0.6 is 15.9 Å².